The van der Waals surface area contributed by atoms with E-state index in [1.807, 2.05) is 24.3 Å². The smallest absolute Gasteiger partial charge is 0.258 e. The summed E-state index contributed by atoms with van der Waals surface area (Å²) in [4.78, 5) is 31.1. The average Bonchev–Trinajstić information content (AvgIpc) is 3.55. The van der Waals surface area contributed by atoms with Crippen LogP contribution in [0.2, 0.25) is 0 Å². The van der Waals surface area contributed by atoms with Crippen LogP contribution in [0.4, 0.5) is 5.69 Å². The zero-order chi connectivity index (χ0) is 22.9. The van der Waals surface area contributed by atoms with Gasteiger partial charge in [-0.05, 0) is 31.2 Å². The molecule has 0 spiro atoms. The van der Waals surface area contributed by atoms with Crippen LogP contribution in [-0.2, 0) is 16.1 Å². The number of nitrogens with one attached hydrogen (secondary N) is 1. The molecule has 11 nitrogen and oxygen atoms in total. The first-order valence-corrected chi connectivity index (χ1v) is 10.4. The average molecular weight is 447 g/mol. The molecule has 0 aliphatic carbocycles. The summed E-state index contributed by atoms with van der Waals surface area (Å²) in [5, 5.41) is 15.0. The summed E-state index contributed by atoms with van der Waals surface area (Å²) in [5.74, 6) is 1.42. The fourth-order valence-electron chi connectivity index (χ4n) is 3.83. The molecule has 0 bridgehead atoms. The Hall–Kier alpha value is -4.28. The third kappa shape index (κ3) is 4.00. The van der Waals surface area contributed by atoms with E-state index in [0.29, 0.717) is 41.2 Å². The summed E-state index contributed by atoms with van der Waals surface area (Å²) >= 11 is 0. The molecule has 33 heavy (non-hydrogen) atoms. The SMILES string of the molecule is COc1cccc(N2CC(C(=O)NCc3nnc4cc(-c5nc(C)no5)ccn34)CC2=O)c1. The quantitative estimate of drug-likeness (QED) is 0.474. The third-order valence-electron chi connectivity index (χ3n) is 5.54. The topological polar surface area (TPSA) is 128 Å². The highest BCUT2D eigenvalue weighted by molar-refractivity contribution is 6.00. The number of aryl methyl sites for hydroxylation is 1. The molecular weight excluding hydrogens is 426 g/mol. The number of anilines is 1. The fraction of sp³-hybridized carbons (Fsp3) is 0.273. The molecule has 0 radical (unpaired) electrons. The molecular formula is C22H21N7O4. The molecule has 1 aromatic carbocycles. The Kier molecular flexibility index (Phi) is 5.21. The lowest BCUT2D eigenvalue weighted by Crippen LogP contribution is -2.33. The second-order valence-electron chi connectivity index (χ2n) is 7.73. The predicted octanol–water partition coefficient (Wildman–Crippen LogP) is 1.77. The van der Waals surface area contributed by atoms with Gasteiger partial charge in [0.2, 0.25) is 11.8 Å². The number of amides is 2. The van der Waals surface area contributed by atoms with Crippen LogP contribution >= 0.6 is 0 Å². The van der Waals surface area contributed by atoms with Crippen molar-refractivity contribution in [1.29, 1.82) is 0 Å². The maximum atomic E-state index is 12.8. The molecule has 1 aliphatic heterocycles. The van der Waals surface area contributed by atoms with Gasteiger partial charge in [-0.3, -0.25) is 14.0 Å². The van der Waals surface area contributed by atoms with Crippen molar-refractivity contribution in [2.45, 2.75) is 19.9 Å². The largest absolute Gasteiger partial charge is 0.497 e. The number of ether oxygens (including phenoxy) is 1. The Labute approximate surface area is 188 Å². The minimum atomic E-state index is -0.449. The molecule has 1 atom stereocenters. The summed E-state index contributed by atoms with van der Waals surface area (Å²) in [6, 6.07) is 10.8. The van der Waals surface area contributed by atoms with Crippen molar-refractivity contribution in [2.24, 2.45) is 5.92 Å². The molecule has 168 valence electrons. The van der Waals surface area contributed by atoms with Gasteiger partial charge in [-0.25, -0.2) is 0 Å². The first-order chi connectivity index (χ1) is 16.0. The summed E-state index contributed by atoms with van der Waals surface area (Å²) < 4.78 is 12.2. The number of methoxy groups -OCH3 is 1. The molecule has 11 heteroatoms. The van der Waals surface area contributed by atoms with Crippen LogP contribution < -0.4 is 15.0 Å². The van der Waals surface area contributed by atoms with Gasteiger partial charge in [-0.1, -0.05) is 11.2 Å². The van der Waals surface area contributed by atoms with Gasteiger partial charge in [0.05, 0.1) is 19.6 Å². The van der Waals surface area contributed by atoms with Crippen molar-refractivity contribution in [1.82, 2.24) is 30.1 Å². The van der Waals surface area contributed by atoms with E-state index in [1.165, 1.54) is 0 Å². The monoisotopic (exact) mass is 447 g/mol. The molecule has 0 saturated carbocycles. The van der Waals surface area contributed by atoms with Crippen LogP contribution in [0.5, 0.6) is 5.75 Å². The number of hydrogen-bond acceptors (Lipinski definition) is 8. The van der Waals surface area contributed by atoms with E-state index in [-0.39, 0.29) is 24.8 Å². The van der Waals surface area contributed by atoms with E-state index in [2.05, 4.69) is 25.7 Å². The second-order valence-corrected chi connectivity index (χ2v) is 7.73. The van der Waals surface area contributed by atoms with E-state index >= 15 is 0 Å². The predicted molar refractivity (Wildman–Crippen MR) is 116 cm³/mol. The van der Waals surface area contributed by atoms with Crippen LogP contribution in [0.15, 0.2) is 47.1 Å². The number of benzene rings is 1. The Morgan fingerprint density at radius 2 is 2.15 bits per heavy atom. The first kappa shape index (κ1) is 20.6. The van der Waals surface area contributed by atoms with E-state index in [1.54, 1.807) is 41.7 Å². The molecule has 4 aromatic rings. The number of fused-ring (bicyclic) bond motifs is 1. The minimum Gasteiger partial charge on any atom is -0.497 e. The van der Waals surface area contributed by atoms with E-state index in [4.69, 9.17) is 9.26 Å². The lowest BCUT2D eigenvalue weighted by atomic mass is 10.1. The van der Waals surface area contributed by atoms with E-state index in [9.17, 15) is 9.59 Å². The highest BCUT2D eigenvalue weighted by Gasteiger charge is 2.35. The summed E-state index contributed by atoms with van der Waals surface area (Å²) in [6.45, 7) is 2.24. The molecule has 1 saturated heterocycles. The standard InChI is InChI=1S/C22H21N7O4/c1-13-24-22(33-27-13)14-6-7-28-18(8-14)25-26-19(28)11-23-21(31)15-9-20(30)29(12-15)16-4-3-5-17(10-16)32-2/h3-8,10,15H,9,11-12H2,1-2H3,(H,23,31). The van der Waals surface area contributed by atoms with E-state index < -0.39 is 5.92 Å². The molecule has 1 N–H and O–H groups in total. The van der Waals surface area contributed by atoms with Crippen molar-refractivity contribution < 1.29 is 18.8 Å². The third-order valence-corrected chi connectivity index (χ3v) is 5.54. The van der Waals surface area contributed by atoms with Crippen LogP contribution in [-0.4, -0.2) is 50.2 Å². The summed E-state index contributed by atoms with van der Waals surface area (Å²) in [5.41, 5.74) is 2.03. The summed E-state index contributed by atoms with van der Waals surface area (Å²) in [6.07, 6.45) is 1.94. The lowest BCUT2D eigenvalue weighted by Gasteiger charge is -2.17. The molecule has 1 fully saturated rings. The van der Waals surface area contributed by atoms with Crippen LogP contribution in [0.3, 0.4) is 0 Å². The lowest BCUT2D eigenvalue weighted by molar-refractivity contribution is -0.126. The number of carbonyl (C=O) groups excluding carboxylic acids is 2. The maximum Gasteiger partial charge on any atom is 0.258 e. The van der Waals surface area contributed by atoms with E-state index in [0.717, 1.165) is 5.56 Å². The van der Waals surface area contributed by atoms with Crippen molar-refractivity contribution >= 4 is 23.1 Å². The fourth-order valence-corrected chi connectivity index (χ4v) is 3.83. The van der Waals surface area contributed by atoms with Gasteiger partial charge in [0.25, 0.3) is 5.89 Å². The Bertz CT molecular complexity index is 1350. The highest BCUT2D eigenvalue weighted by atomic mass is 16.5. The number of hydrogen-bond donors (Lipinski definition) is 1. The molecule has 1 aliphatic rings. The van der Waals surface area contributed by atoms with Gasteiger partial charge in [0, 0.05) is 36.5 Å². The van der Waals surface area contributed by atoms with Gasteiger partial charge < -0.3 is 19.5 Å². The number of aromatic nitrogens is 5. The van der Waals surface area contributed by atoms with Crippen molar-refractivity contribution in [3.63, 3.8) is 0 Å². The molecule has 3 aromatic heterocycles. The Morgan fingerprint density at radius 1 is 1.27 bits per heavy atom. The second kappa shape index (κ2) is 8.34. The molecule has 4 heterocycles. The molecule has 1 unspecified atom stereocenters. The zero-order valence-electron chi connectivity index (χ0n) is 18.1. The Morgan fingerprint density at radius 3 is 2.94 bits per heavy atom. The van der Waals surface area contributed by atoms with Crippen LogP contribution in [0.25, 0.3) is 17.1 Å². The number of nitrogens with zero attached hydrogens (tertiary/aromatic N) is 6. The highest BCUT2D eigenvalue weighted by Crippen LogP contribution is 2.28. The molecule has 2 amide bonds. The van der Waals surface area contributed by atoms with Crippen molar-refractivity contribution in [3.8, 4) is 17.2 Å². The molecule has 5 rings (SSSR count). The van der Waals surface area contributed by atoms with Gasteiger partial charge >= 0.3 is 0 Å². The number of carbonyl (C=O) groups is 2. The maximum absolute atomic E-state index is 12.8. The normalized spacial score (nSPS) is 15.9. The van der Waals surface area contributed by atoms with Gasteiger partial charge in [0.1, 0.15) is 5.75 Å². The first-order valence-electron chi connectivity index (χ1n) is 10.4. The Balaban J connectivity index is 1.25. The zero-order valence-corrected chi connectivity index (χ0v) is 18.1. The van der Waals surface area contributed by atoms with Gasteiger partial charge in [-0.2, -0.15) is 4.98 Å². The van der Waals surface area contributed by atoms with Crippen molar-refractivity contribution in [3.05, 3.63) is 54.2 Å². The minimum absolute atomic E-state index is 0.0971. The summed E-state index contributed by atoms with van der Waals surface area (Å²) in [7, 11) is 1.57. The number of pyridine rings is 1. The van der Waals surface area contributed by atoms with Crippen LogP contribution in [0, 0.1) is 12.8 Å². The number of rotatable bonds is 6. The van der Waals surface area contributed by atoms with Gasteiger partial charge in [-0.15, -0.1) is 10.2 Å². The van der Waals surface area contributed by atoms with Crippen LogP contribution in [0.1, 0.15) is 18.1 Å². The van der Waals surface area contributed by atoms with Gasteiger partial charge in [0.15, 0.2) is 17.3 Å². The van der Waals surface area contributed by atoms with Crippen molar-refractivity contribution in [2.75, 3.05) is 18.6 Å².